The number of amidine groups is 2. The first kappa shape index (κ1) is 23.2. The summed E-state index contributed by atoms with van der Waals surface area (Å²) in [5.74, 6) is 2.30. The SMILES string of the molecule is Cc1ccc(NC2=Nc3ccccc3N3C2=Nc2c(c(C)nn2-c2ccc(C)cc2)[C@@H]3c2ccccc2)cc1. The largest absolute Gasteiger partial charge is 0.337 e. The lowest BCUT2D eigenvalue weighted by Gasteiger charge is -2.40. The molecule has 1 atom stereocenters. The van der Waals surface area contributed by atoms with Crippen LogP contribution in [0.25, 0.3) is 5.69 Å². The number of fused-ring (bicyclic) bond motifs is 4. The summed E-state index contributed by atoms with van der Waals surface area (Å²) in [4.78, 5) is 12.7. The molecular weight excluding hydrogens is 480 g/mol. The minimum absolute atomic E-state index is 0.126. The lowest BCUT2D eigenvalue weighted by atomic mass is 9.93. The highest BCUT2D eigenvalue weighted by molar-refractivity contribution is 6.51. The van der Waals surface area contributed by atoms with E-state index in [-0.39, 0.29) is 6.04 Å². The molecular formula is C33H28N6. The maximum atomic E-state index is 5.31. The molecule has 7 rings (SSSR count). The highest BCUT2D eigenvalue weighted by atomic mass is 15.4. The van der Waals surface area contributed by atoms with E-state index in [4.69, 9.17) is 15.1 Å². The van der Waals surface area contributed by atoms with Crippen LogP contribution in [-0.2, 0) is 0 Å². The maximum Gasteiger partial charge on any atom is 0.179 e. The van der Waals surface area contributed by atoms with E-state index >= 15 is 0 Å². The molecule has 0 saturated carbocycles. The number of benzene rings is 4. The van der Waals surface area contributed by atoms with Crippen LogP contribution in [0, 0.1) is 20.8 Å². The number of hydrogen-bond donors (Lipinski definition) is 1. The van der Waals surface area contributed by atoms with Gasteiger partial charge in [0.15, 0.2) is 17.5 Å². The van der Waals surface area contributed by atoms with Gasteiger partial charge in [0.1, 0.15) is 0 Å². The van der Waals surface area contributed by atoms with Crippen molar-refractivity contribution >= 4 is 34.6 Å². The molecule has 4 aromatic carbocycles. The Balaban J connectivity index is 1.49. The van der Waals surface area contributed by atoms with Crippen molar-refractivity contribution in [2.24, 2.45) is 9.98 Å². The lowest BCUT2D eigenvalue weighted by Crippen LogP contribution is -2.46. The van der Waals surface area contributed by atoms with Gasteiger partial charge in [0, 0.05) is 11.3 Å². The smallest absolute Gasteiger partial charge is 0.179 e. The molecule has 0 fully saturated rings. The van der Waals surface area contributed by atoms with Gasteiger partial charge in [-0.15, -0.1) is 0 Å². The van der Waals surface area contributed by atoms with E-state index in [1.807, 2.05) is 10.7 Å². The van der Waals surface area contributed by atoms with Crippen LogP contribution in [0.5, 0.6) is 0 Å². The molecule has 39 heavy (non-hydrogen) atoms. The summed E-state index contributed by atoms with van der Waals surface area (Å²) in [7, 11) is 0. The number of rotatable bonds is 3. The number of aryl methyl sites for hydroxylation is 3. The zero-order valence-electron chi connectivity index (χ0n) is 22.1. The predicted molar refractivity (Wildman–Crippen MR) is 159 cm³/mol. The van der Waals surface area contributed by atoms with Gasteiger partial charge in [-0.1, -0.05) is 77.9 Å². The molecule has 1 aromatic heterocycles. The molecule has 0 spiro atoms. The van der Waals surface area contributed by atoms with Gasteiger partial charge in [-0.2, -0.15) is 5.10 Å². The molecule has 2 aliphatic rings. The molecule has 3 heterocycles. The number of nitrogens with zero attached hydrogens (tertiary/aromatic N) is 5. The van der Waals surface area contributed by atoms with Gasteiger partial charge in [0.2, 0.25) is 0 Å². The van der Waals surface area contributed by atoms with E-state index in [0.717, 1.165) is 45.7 Å². The van der Waals surface area contributed by atoms with Gasteiger partial charge in [-0.25, -0.2) is 14.7 Å². The summed E-state index contributed by atoms with van der Waals surface area (Å²) < 4.78 is 1.97. The Bertz CT molecular complexity index is 1740. The molecule has 6 heteroatoms. The molecule has 0 unspecified atom stereocenters. The van der Waals surface area contributed by atoms with Gasteiger partial charge < -0.3 is 10.2 Å². The fraction of sp³-hybridized carbons (Fsp3) is 0.121. The van der Waals surface area contributed by atoms with Gasteiger partial charge >= 0.3 is 0 Å². The summed E-state index contributed by atoms with van der Waals surface area (Å²) in [6.45, 7) is 6.26. The van der Waals surface area contributed by atoms with Crippen molar-refractivity contribution in [1.82, 2.24) is 9.78 Å². The van der Waals surface area contributed by atoms with Crippen molar-refractivity contribution in [3.63, 3.8) is 0 Å². The van der Waals surface area contributed by atoms with Crippen LogP contribution in [0.15, 0.2) is 113 Å². The zero-order chi connectivity index (χ0) is 26.5. The van der Waals surface area contributed by atoms with E-state index in [0.29, 0.717) is 5.84 Å². The van der Waals surface area contributed by atoms with Crippen LogP contribution in [0.2, 0.25) is 0 Å². The first-order valence-electron chi connectivity index (χ1n) is 13.2. The second kappa shape index (κ2) is 9.10. The second-order valence-corrected chi connectivity index (χ2v) is 10.1. The number of hydrogen-bond acceptors (Lipinski definition) is 5. The first-order valence-corrected chi connectivity index (χ1v) is 13.2. The van der Waals surface area contributed by atoms with Crippen LogP contribution in [0.1, 0.15) is 34.0 Å². The van der Waals surface area contributed by atoms with Crippen LogP contribution < -0.4 is 10.2 Å². The van der Waals surface area contributed by atoms with Crippen molar-refractivity contribution in [2.45, 2.75) is 26.8 Å². The van der Waals surface area contributed by atoms with Crippen molar-refractivity contribution in [3.8, 4) is 5.69 Å². The minimum Gasteiger partial charge on any atom is -0.337 e. The fourth-order valence-corrected chi connectivity index (χ4v) is 5.39. The zero-order valence-corrected chi connectivity index (χ0v) is 22.1. The van der Waals surface area contributed by atoms with Crippen molar-refractivity contribution in [3.05, 3.63) is 131 Å². The van der Waals surface area contributed by atoms with Gasteiger partial charge in [0.05, 0.1) is 28.8 Å². The number of nitrogens with one attached hydrogen (secondary N) is 1. The van der Waals surface area contributed by atoms with Crippen molar-refractivity contribution in [2.75, 3.05) is 10.2 Å². The summed E-state index contributed by atoms with van der Waals surface area (Å²) in [5, 5.41) is 8.60. The van der Waals surface area contributed by atoms with E-state index in [2.05, 4.69) is 128 Å². The van der Waals surface area contributed by atoms with E-state index in [9.17, 15) is 0 Å². The molecule has 0 aliphatic carbocycles. The van der Waals surface area contributed by atoms with Gasteiger partial charge in [0.25, 0.3) is 0 Å². The molecule has 0 bridgehead atoms. The van der Waals surface area contributed by atoms with E-state index < -0.39 is 0 Å². The highest BCUT2D eigenvalue weighted by Crippen LogP contribution is 2.48. The van der Waals surface area contributed by atoms with Crippen LogP contribution in [0.3, 0.4) is 0 Å². The third-order valence-corrected chi connectivity index (χ3v) is 7.35. The van der Waals surface area contributed by atoms with E-state index in [1.165, 1.54) is 16.7 Å². The Morgan fingerprint density at radius 2 is 1.36 bits per heavy atom. The number of aromatic nitrogens is 2. The summed E-state index contributed by atoms with van der Waals surface area (Å²) in [6.07, 6.45) is 0. The molecule has 1 N–H and O–H groups in total. The standard InChI is InChI=1S/C33H28N6/c1-21-13-17-25(18-14-21)34-31-33-36-32-29(23(3)37-39(32)26-19-15-22(2)16-20-26)30(24-9-5-4-6-10-24)38(33)28-12-8-7-11-27(28)35-31/h4-20,30H,1-3H3,(H,34,35)/t30-/m0/s1. The monoisotopic (exact) mass is 508 g/mol. The predicted octanol–water partition coefficient (Wildman–Crippen LogP) is 7.59. The minimum atomic E-state index is -0.126. The Labute approximate surface area is 228 Å². The Kier molecular flexibility index (Phi) is 5.40. The van der Waals surface area contributed by atoms with Gasteiger partial charge in [-0.05, 0) is 62.7 Å². The van der Waals surface area contributed by atoms with Crippen molar-refractivity contribution in [1.29, 1.82) is 0 Å². The maximum absolute atomic E-state index is 5.31. The average molecular weight is 509 g/mol. The number of anilines is 2. The molecule has 0 radical (unpaired) electrons. The fourth-order valence-electron chi connectivity index (χ4n) is 5.39. The van der Waals surface area contributed by atoms with Crippen LogP contribution in [0.4, 0.5) is 22.9 Å². The number of para-hydroxylation sites is 2. The third kappa shape index (κ3) is 3.92. The molecule has 0 amide bonds. The molecule has 190 valence electrons. The molecule has 5 aromatic rings. The lowest BCUT2D eigenvalue weighted by molar-refractivity contribution is 0.815. The Morgan fingerprint density at radius 3 is 2.10 bits per heavy atom. The normalized spacial score (nSPS) is 15.6. The molecule has 6 nitrogen and oxygen atoms in total. The Hall–Kier alpha value is -4.97. The first-order chi connectivity index (χ1) is 19.1. The number of aliphatic imine (C=N–C) groups is 2. The van der Waals surface area contributed by atoms with Crippen LogP contribution >= 0.6 is 0 Å². The topological polar surface area (TPSA) is 57.8 Å². The van der Waals surface area contributed by atoms with Crippen molar-refractivity contribution < 1.29 is 0 Å². The van der Waals surface area contributed by atoms with Gasteiger partial charge in [-0.3, -0.25) is 0 Å². The second-order valence-electron chi connectivity index (χ2n) is 10.1. The third-order valence-electron chi connectivity index (χ3n) is 7.35. The summed E-state index contributed by atoms with van der Waals surface area (Å²) >= 11 is 0. The highest BCUT2D eigenvalue weighted by Gasteiger charge is 2.41. The van der Waals surface area contributed by atoms with Crippen LogP contribution in [-0.4, -0.2) is 21.5 Å². The Morgan fingerprint density at radius 1 is 0.692 bits per heavy atom. The van der Waals surface area contributed by atoms with E-state index in [1.54, 1.807) is 0 Å². The quantitative estimate of drug-likeness (QED) is 0.273. The molecule has 2 aliphatic heterocycles. The average Bonchev–Trinajstić information content (AvgIpc) is 3.30. The summed E-state index contributed by atoms with van der Waals surface area (Å²) in [5.41, 5.74) is 9.50. The molecule has 0 saturated heterocycles. The summed E-state index contributed by atoms with van der Waals surface area (Å²) in [6, 6.07) is 35.5.